The molecule has 7 aromatic rings. The Morgan fingerprint density at radius 3 is 0.625 bits per heavy atom. The zero-order chi connectivity index (χ0) is 57.1. The Morgan fingerprint density at radius 1 is 0.287 bits per heavy atom. The number of H-pyrrole nitrogens is 2. The molecule has 5 heterocycles. The Labute approximate surface area is 497 Å². The van der Waals surface area contributed by atoms with Gasteiger partial charge in [0, 0.05) is 19.6 Å². The largest absolute Gasteiger partial charge is 0.353 e. The Hall–Kier alpha value is -5.12. The van der Waals surface area contributed by atoms with Gasteiger partial charge in [-0.15, -0.1) is 0 Å². The summed E-state index contributed by atoms with van der Waals surface area (Å²) < 4.78 is 0. The number of nitrogens with zero attached hydrogens (tertiary/aromatic N) is 2. The second kappa shape index (κ2) is 26.0. The third-order valence-electron chi connectivity index (χ3n) is 16.4. The summed E-state index contributed by atoms with van der Waals surface area (Å²) in [4.78, 5) is 30.6. The highest BCUT2D eigenvalue weighted by Gasteiger charge is 2.32. The fraction of sp³-hybridized carbons (Fsp3) is 0.389. The summed E-state index contributed by atoms with van der Waals surface area (Å²) in [5.74, 6) is 1.77. The van der Waals surface area contributed by atoms with Gasteiger partial charge in [0.15, 0.2) is 0 Å². The zero-order valence-electron chi connectivity index (χ0n) is 50.7. The molecule has 3 aromatic heterocycles. The van der Waals surface area contributed by atoms with E-state index < -0.39 is 0 Å². The number of nitrogens with one attached hydrogen (secondary N) is 2. The lowest BCUT2D eigenvalue weighted by atomic mass is 9.98. The molecule has 418 valence electrons. The van der Waals surface area contributed by atoms with Gasteiger partial charge in [0.25, 0.3) is 0 Å². The van der Waals surface area contributed by atoms with Crippen molar-refractivity contribution in [2.45, 2.75) is 225 Å². The molecule has 2 aliphatic heterocycles. The molecule has 4 aromatic carbocycles. The SMILES string of the molecule is CCC1=C(CC)c2nc1c(Sc1ccc(C(C)C)cc1)c1[nH]c(c(CC)c1CC)c(Sc1ccc(C(C)C)cc1)c1nc(c(Sc3ccc(C(C)C)cc3)c3[nH]c(c(CC)c3CC)c2Sc2ccc(C(C)C)cc2)C(CC)=C1CC. The molecular formula is C72H86N4S4. The van der Waals surface area contributed by atoms with Crippen LogP contribution in [0.4, 0.5) is 0 Å². The summed E-state index contributed by atoms with van der Waals surface area (Å²) in [5.41, 5.74) is 25.2. The van der Waals surface area contributed by atoms with Gasteiger partial charge in [-0.1, -0.05) is 206 Å². The van der Waals surface area contributed by atoms with Gasteiger partial charge in [-0.2, -0.15) is 0 Å². The quantitative estimate of drug-likeness (QED) is 0.0793. The number of benzene rings is 4. The van der Waals surface area contributed by atoms with Crippen LogP contribution in [0.25, 0.3) is 44.4 Å². The van der Waals surface area contributed by atoms with E-state index in [4.69, 9.17) is 9.97 Å². The predicted molar refractivity (Wildman–Crippen MR) is 352 cm³/mol. The van der Waals surface area contributed by atoms with E-state index in [9.17, 15) is 0 Å². The normalized spacial score (nSPS) is 12.9. The molecule has 4 nitrogen and oxygen atoms in total. The van der Waals surface area contributed by atoms with Crippen LogP contribution >= 0.6 is 47.0 Å². The molecule has 0 spiro atoms. The fourth-order valence-electron chi connectivity index (χ4n) is 11.9. The standard InChI is InChI=1S/C72H86N4S4/c1-17-53-54(18-2)62-70(78-50-35-27-46(28-36-50)42(11)12)64-57(21-5)58(22-6)66(75-64)72(80-52-39-31-48(32-40-52)44(15)16)68-60(24-8)59(23-7)67(76-68)71(79-51-37-29-47(30-38-51)43(13)14)65-56(20-4)55(19-3)63(74-65)69(61(53)73-62)77-49-33-25-45(26-34-49)41(9)10/h25-44,73,76H,17-24H2,1-16H3. The van der Waals surface area contributed by atoms with Crippen molar-refractivity contribution in [1.29, 1.82) is 0 Å². The second-order valence-corrected chi connectivity index (χ2v) is 27.0. The predicted octanol–water partition coefficient (Wildman–Crippen LogP) is 23.1. The smallest absolute Gasteiger partial charge is 0.0833 e. The van der Waals surface area contributed by atoms with Crippen molar-refractivity contribution >= 4 is 91.4 Å². The molecule has 0 unspecified atom stereocenters. The van der Waals surface area contributed by atoms with Crippen molar-refractivity contribution in [3.63, 3.8) is 0 Å². The fourth-order valence-corrected chi connectivity index (χ4v) is 16.1. The number of aromatic nitrogens is 4. The summed E-state index contributed by atoms with van der Waals surface area (Å²) in [6.45, 7) is 37.0. The summed E-state index contributed by atoms with van der Waals surface area (Å²) >= 11 is 7.51. The van der Waals surface area contributed by atoms with Crippen molar-refractivity contribution in [2.75, 3.05) is 0 Å². The Kier molecular flexibility index (Phi) is 19.3. The van der Waals surface area contributed by atoms with Gasteiger partial charge in [0.1, 0.15) is 0 Å². The van der Waals surface area contributed by atoms with Crippen LogP contribution in [0.5, 0.6) is 0 Å². The van der Waals surface area contributed by atoms with Crippen LogP contribution in [-0.2, 0) is 25.7 Å². The van der Waals surface area contributed by atoms with E-state index >= 15 is 0 Å². The van der Waals surface area contributed by atoms with Gasteiger partial charge in [0.05, 0.1) is 64.4 Å². The summed E-state index contributed by atoms with van der Waals surface area (Å²) in [7, 11) is 0. The maximum Gasteiger partial charge on any atom is 0.0833 e. The first-order valence-corrected chi connectivity index (χ1v) is 33.3. The van der Waals surface area contributed by atoms with Crippen LogP contribution in [0.3, 0.4) is 0 Å². The van der Waals surface area contributed by atoms with Crippen LogP contribution in [0.2, 0.25) is 0 Å². The van der Waals surface area contributed by atoms with E-state index in [-0.39, 0.29) is 0 Å². The van der Waals surface area contributed by atoms with E-state index in [0.717, 1.165) is 74.1 Å². The lowest BCUT2D eigenvalue weighted by molar-refractivity contribution is 0.865. The number of hydrogen-bond donors (Lipinski definition) is 2. The minimum Gasteiger partial charge on any atom is -0.353 e. The molecule has 2 N–H and O–H groups in total. The van der Waals surface area contributed by atoms with Gasteiger partial charge >= 0.3 is 0 Å². The molecule has 0 radical (unpaired) electrons. The first-order chi connectivity index (χ1) is 38.6. The topological polar surface area (TPSA) is 57.4 Å². The van der Waals surface area contributed by atoms with Crippen molar-refractivity contribution in [3.8, 4) is 0 Å². The van der Waals surface area contributed by atoms with Gasteiger partial charge in [-0.05, 0) is 190 Å². The molecule has 0 saturated carbocycles. The monoisotopic (exact) mass is 1130 g/mol. The second-order valence-electron chi connectivity index (χ2n) is 22.6. The molecule has 0 atom stereocenters. The molecular weight excluding hydrogens is 1050 g/mol. The van der Waals surface area contributed by atoms with E-state index in [1.54, 1.807) is 0 Å². The van der Waals surface area contributed by atoms with Crippen molar-refractivity contribution in [3.05, 3.63) is 164 Å². The minimum atomic E-state index is 0.443. The van der Waals surface area contributed by atoms with E-state index in [2.05, 4.69) is 218 Å². The molecule has 0 saturated heterocycles. The Balaban J connectivity index is 1.56. The molecule has 8 heteroatoms. The maximum absolute atomic E-state index is 6.15. The molecule has 80 heavy (non-hydrogen) atoms. The number of hydrogen-bond acceptors (Lipinski definition) is 6. The number of allylic oxidation sites excluding steroid dienone is 4. The summed E-state index contributed by atoms with van der Waals surface area (Å²) in [6.07, 6.45) is 6.93. The van der Waals surface area contributed by atoms with Crippen LogP contribution in [-0.4, -0.2) is 19.9 Å². The van der Waals surface area contributed by atoms with Gasteiger partial charge in [0.2, 0.25) is 0 Å². The number of rotatable bonds is 20. The van der Waals surface area contributed by atoms with E-state index in [0.29, 0.717) is 23.7 Å². The lowest BCUT2D eigenvalue weighted by Crippen LogP contribution is -1.93. The Bertz CT molecular complexity index is 3140. The highest BCUT2D eigenvalue weighted by molar-refractivity contribution is 8.00. The molecule has 0 aliphatic carbocycles. The average molecular weight is 1140 g/mol. The van der Waals surface area contributed by atoms with Crippen molar-refractivity contribution in [1.82, 2.24) is 19.9 Å². The lowest BCUT2D eigenvalue weighted by Gasteiger charge is -2.12. The zero-order valence-corrected chi connectivity index (χ0v) is 54.0. The van der Waals surface area contributed by atoms with Gasteiger partial charge < -0.3 is 9.97 Å². The minimum absolute atomic E-state index is 0.443. The number of aromatic amines is 2. The Morgan fingerprint density at radius 2 is 0.475 bits per heavy atom. The number of fused-ring (bicyclic) bond motifs is 8. The first kappa shape index (κ1) is 59.5. The molecule has 0 fully saturated rings. The maximum atomic E-state index is 6.15. The van der Waals surface area contributed by atoms with Crippen LogP contribution in [0.15, 0.2) is 136 Å². The highest BCUT2D eigenvalue weighted by Crippen LogP contribution is 2.52. The van der Waals surface area contributed by atoms with Gasteiger partial charge in [-0.25, -0.2) is 9.97 Å². The molecule has 9 rings (SSSR count). The van der Waals surface area contributed by atoms with Crippen molar-refractivity contribution in [2.24, 2.45) is 0 Å². The third kappa shape index (κ3) is 11.8. The van der Waals surface area contributed by atoms with E-state index in [1.807, 2.05) is 47.0 Å². The number of aryl methyl sites for hydroxylation is 4. The van der Waals surface area contributed by atoms with E-state index in [1.165, 1.54) is 128 Å². The molecule has 0 amide bonds. The van der Waals surface area contributed by atoms with Gasteiger partial charge in [-0.3, -0.25) is 0 Å². The molecule has 8 bridgehead atoms. The highest BCUT2D eigenvalue weighted by atomic mass is 32.2. The molecule has 2 aliphatic rings. The third-order valence-corrected chi connectivity index (χ3v) is 20.9. The first-order valence-electron chi connectivity index (χ1n) is 30.1. The van der Waals surface area contributed by atoms with Crippen LogP contribution in [0.1, 0.15) is 227 Å². The van der Waals surface area contributed by atoms with Crippen molar-refractivity contribution < 1.29 is 0 Å². The van der Waals surface area contributed by atoms with Crippen LogP contribution in [0, 0.1) is 0 Å². The summed E-state index contributed by atoms with van der Waals surface area (Å²) in [6, 6.07) is 37.3. The van der Waals surface area contributed by atoms with Crippen LogP contribution < -0.4 is 0 Å². The average Bonchev–Trinajstić information content (AvgIpc) is 4.34. The summed E-state index contributed by atoms with van der Waals surface area (Å²) in [5, 5.41) is 0.